The van der Waals surface area contributed by atoms with Crippen LogP contribution in [-0.2, 0) is 50.6 Å². The Balaban J connectivity index is 1.38. The van der Waals surface area contributed by atoms with Gasteiger partial charge >= 0.3 is 17.9 Å². The summed E-state index contributed by atoms with van der Waals surface area (Å²) in [6.07, 6.45) is 5.83. The Hall–Kier alpha value is -4.76. The maximum Gasteiger partial charge on any atom is 0.344 e. The first-order valence-corrected chi connectivity index (χ1v) is 21.3. The van der Waals surface area contributed by atoms with E-state index in [2.05, 4.69) is 20.9 Å². The topological polar surface area (TPSA) is 171 Å². The predicted molar refractivity (Wildman–Crippen MR) is 221 cm³/mol. The van der Waals surface area contributed by atoms with Crippen LogP contribution >= 0.6 is 0 Å². The van der Waals surface area contributed by atoms with Crippen molar-refractivity contribution in [3.05, 3.63) is 70.9 Å². The maximum atomic E-state index is 15.3. The van der Waals surface area contributed by atoms with E-state index in [1.807, 2.05) is 50.3 Å². The summed E-state index contributed by atoms with van der Waals surface area (Å²) >= 11 is 0. The van der Waals surface area contributed by atoms with Gasteiger partial charge in [-0.25, -0.2) is 4.79 Å². The van der Waals surface area contributed by atoms with Gasteiger partial charge in [-0.15, -0.1) is 0 Å². The van der Waals surface area contributed by atoms with Gasteiger partial charge in [0.2, 0.25) is 12.0 Å². The van der Waals surface area contributed by atoms with Crippen LogP contribution in [0.25, 0.3) is 10.9 Å². The number of nitrogens with one attached hydrogen (secondary N) is 1. The van der Waals surface area contributed by atoms with Gasteiger partial charge in [-0.2, -0.15) is 0 Å². The monoisotopic (exact) mass is 824 g/mol. The molecule has 2 bridgehead atoms. The summed E-state index contributed by atoms with van der Waals surface area (Å²) in [5, 5.41) is 26.3. The van der Waals surface area contributed by atoms with E-state index in [1.165, 1.54) is 33.2 Å². The number of benzene rings is 2. The van der Waals surface area contributed by atoms with Gasteiger partial charge in [0.1, 0.15) is 11.2 Å². The number of esters is 3. The second kappa shape index (κ2) is 14.1. The standard InChI is InChI=1S/C46H56N4O10/c1-7-42(55)22-28-23-45(40(53)58-5,36-30(14-18-48(24-28)25-42)29-12-9-10-13-33(29)47-36)32-20-31-34(21-35(32)57-4)50(26-51)38-44(31)16-19-49-17-11-15-43(8-2,37(44)49)39(60-27(3)52)46(38,56)41(54)59-6/h9-13,15,20-21,26,28,37-39,47,55-56H,7-8,14,16-19,22-25H2,1-6H3/t28?,37-,38?,39?,42-,43+,44-,45-,46-/m0/s1. The lowest BCUT2D eigenvalue weighted by atomic mass is 9.47. The van der Waals surface area contributed by atoms with Gasteiger partial charge in [0, 0.05) is 78.2 Å². The van der Waals surface area contributed by atoms with Crippen LogP contribution in [0.3, 0.4) is 0 Å². The molecule has 3 fully saturated rings. The molecule has 1 spiro atoms. The number of fused-ring (bicyclic) bond motifs is 6. The van der Waals surface area contributed by atoms with Crippen molar-refractivity contribution in [2.24, 2.45) is 11.3 Å². The summed E-state index contributed by atoms with van der Waals surface area (Å²) in [5.74, 6) is -2.06. The maximum absolute atomic E-state index is 15.3. The van der Waals surface area contributed by atoms with E-state index >= 15 is 4.79 Å². The zero-order chi connectivity index (χ0) is 42.6. The van der Waals surface area contributed by atoms with Gasteiger partial charge in [0.25, 0.3) is 0 Å². The Morgan fingerprint density at radius 1 is 0.967 bits per heavy atom. The highest BCUT2D eigenvalue weighted by molar-refractivity contribution is 5.96. The van der Waals surface area contributed by atoms with E-state index in [0.29, 0.717) is 99.5 Å². The number of carbonyl (C=O) groups excluding carboxylic acids is 4. The van der Waals surface area contributed by atoms with E-state index in [4.69, 9.17) is 18.9 Å². The zero-order valence-corrected chi connectivity index (χ0v) is 35.3. The Morgan fingerprint density at radius 3 is 2.42 bits per heavy atom. The van der Waals surface area contributed by atoms with Crippen molar-refractivity contribution in [3.63, 3.8) is 0 Å². The molecule has 3 N–H and O–H groups in total. The minimum absolute atomic E-state index is 0.155. The van der Waals surface area contributed by atoms with Gasteiger partial charge < -0.3 is 39.0 Å². The zero-order valence-electron chi connectivity index (χ0n) is 35.3. The molecule has 5 aliphatic heterocycles. The third kappa shape index (κ3) is 5.19. The highest BCUT2D eigenvalue weighted by Gasteiger charge is 2.81. The van der Waals surface area contributed by atoms with E-state index in [9.17, 15) is 24.6 Å². The summed E-state index contributed by atoms with van der Waals surface area (Å²) in [6.45, 7) is 8.16. The van der Waals surface area contributed by atoms with E-state index < -0.39 is 63.5 Å². The second-order valence-electron chi connectivity index (χ2n) is 18.1. The number of aromatic nitrogens is 1. The molecule has 2 saturated heterocycles. The van der Waals surface area contributed by atoms with Gasteiger partial charge in [-0.1, -0.05) is 44.2 Å². The number of amides is 1. The average molecular weight is 825 g/mol. The molecule has 1 aliphatic carbocycles. The number of nitrogens with zero attached hydrogens (tertiary/aromatic N) is 3. The van der Waals surface area contributed by atoms with Crippen LogP contribution < -0.4 is 9.64 Å². The number of hydrogen-bond acceptors (Lipinski definition) is 12. The molecule has 6 aliphatic rings. The van der Waals surface area contributed by atoms with Crippen LogP contribution in [0.4, 0.5) is 5.69 Å². The molecule has 1 amide bonds. The van der Waals surface area contributed by atoms with Crippen molar-refractivity contribution >= 4 is 40.9 Å². The Morgan fingerprint density at radius 2 is 1.73 bits per heavy atom. The molecule has 1 saturated carbocycles. The lowest BCUT2D eigenvalue weighted by molar-refractivity contribution is -0.228. The predicted octanol–water partition coefficient (Wildman–Crippen LogP) is 3.52. The first-order valence-electron chi connectivity index (χ1n) is 21.3. The normalized spacial score (nSPS) is 36.5. The summed E-state index contributed by atoms with van der Waals surface area (Å²) < 4.78 is 23.7. The number of aromatic amines is 1. The molecule has 14 heteroatoms. The van der Waals surface area contributed by atoms with Gasteiger partial charge in [-0.3, -0.25) is 24.2 Å². The number of anilines is 1. The molecule has 2 aromatic carbocycles. The minimum atomic E-state index is -2.53. The molecular formula is C46H56N4O10. The fraction of sp³-hybridized carbons (Fsp3) is 0.565. The van der Waals surface area contributed by atoms with Crippen molar-refractivity contribution in [1.82, 2.24) is 14.8 Å². The lowest BCUT2D eigenvalue weighted by Gasteiger charge is -2.63. The Labute approximate surface area is 349 Å². The number of para-hydroxylation sites is 1. The van der Waals surface area contributed by atoms with E-state index in [1.54, 1.807) is 6.07 Å². The number of rotatable bonds is 8. The largest absolute Gasteiger partial charge is 0.496 e. The van der Waals surface area contributed by atoms with Gasteiger partial charge in [0.05, 0.1) is 38.7 Å². The Bertz CT molecular complexity index is 2310. The van der Waals surface area contributed by atoms with Crippen LogP contribution in [-0.4, -0.2) is 133 Å². The lowest BCUT2D eigenvalue weighted by Crippen LogP contribution is -2.81. The molecule has 60 heavy (non-hydrogen) atoms. The highest BCUT2D eigenvalue weighted by Crippen LogP contribution is 2.68. The van der Waals surface area contributed by atoms with Crippen molar-refractivity contribution in [2.45, 2.75) is 99.5 Å². The molecular weight excluding hydrogens is 769 g/mol. The third-order valence-electron chi connectivity index (χ3n) is 15.5. The molecule has 3 aromatic rings. The summed E-state index contributed by atoms with van der Waals surface area (Å²) in [6, 6.07) is 9.97. The van der Waals surface area contributed by atoms with Crippen molar-refractivity contribution < 1.29 is 48.3 Å². The van der Waals surface area contributed by atoms with Crippen molar-refractivity contribution in [2.75, 3.05) is 59.0 Å². The van der Waals surface area contributed by atoms with Gasteiger partial charge in [-0.05, 0) is 74.2 Å². The summed E-state index contributed by atoms with van der Waals surface area (Å²) in [4.78, 5) is 66.1. The molecule has 14 nitrogen and oxygen atoms in total. The third-order valence-corrected chi connectivity index (χ3v) is 15.5. The average Bonchev–Trinajstić information content (AvgIpc) is 3.92. The van der Waals surface area contributed by atoms with Crippen molar-refractivity contribution in [3.8, 4) is 5.75 Å². The molecule has 4 unspecified atom stereocenters. The van der Waals surface area contributed by atoms with E-state index in [-0.39, 0.29) is 12.3 Å². The number of hydrogen-bond donors (Lipinski definition) is 3. The van der Waals surface area contributed by atoms with Gasteiger partial charge in [0.15, 0.2) is 6.10 Å². The number of carbonyl (C=O) groups is 4. The molecule has 6 heterocycles. The quantitative estimate of drug-likeness (QED) is 0.131. The van der Waals surface area contributed by atoms with Crippen LogP contribution in [0.5, 0.6) is 5.75 Å². The van der Waals surface area contributed by atoms with E-state index in [0.717, 1.165) is 16.5 Å². The number of methoxy groups -OCH3 is 3. The number of H-pyrrole nitrogens is 1. The fourth-order valence-electron chi connectivity index (χ4n) is 13.4. The Kier molecular flexibility index (Phi) is 9.58. The molecule has 10 atom stereocenters. The molecule has 9 rings (SSSR count). The molecule has 320 valence electrons. The number of aliphatic hydroxyl groups is 2. The summed E-state index contributed by atoms with van der Waals surface area (Å²) in [7, 11) is 4.09. The van der Waals surface area contributed by atoms with Crippen LogP contribution in [0.15, 0.2) is 48.6 Å². The van der Waals surface area contributed by atoms with Crippen molar-refractivity contribution in [1.29, 1.82) is 0 Å². The SMILES string of the molecule is CC[C@]1(O)CC2CN(CCc3c([nH]c4ccccc34)[C@@](C(=O)OC)(c3cc4c(cc3OC)N(C=O)C3[C@@](O)(C(=O)OC)C(OC(C)=O)[C@]5(CC)C=CCN6CC[C@@]43[C@@H]65)C2)C1. The fourth-order valence-corrected chi connectivity index (χ4v) is 13.4. The highest BCUT2D eigenvalue weighted by atomic mass is 16.6. The van der Waals surface area contributed by atoms with Crippen LogP contribution in [0, 0.1) is 11.3 Å². The number of piperidine rings is 1. The minimum Gasteiger partial charge on any atom is -0.496 e. The van der Waals surface area contributed by atoms with Crippen LogP contribution in [0.2, 0.25) is 0 Å². The number of ether oxygens (including phenoxy) is 4. The summed E-state index contributed by atoms with van der Waals surface area (Å²) in [5.41, 5.74) is -3.15. The smallest absolute Gasteiger partial charge is 0.344 e. The first kappa shape index (κ1) is 40.6. The molecule has 0 radical (unpaired) electrons. The van der Waals surface area contributed by atoms with Crippen LogP contribution in [0.1, 0.15) is 75.3 Å². The first-order chi connectivity index (χ1) is 28.8. The second-order valence-corrected chi connectivity index (χ2v) is 18.1. The molecule has 1 aromatic heterocycles.